The molecule has 0 amide bonds. The zero-order valence-electron chi connectivity index (χ0n) is 23.3. The van der Waals surface area contributed by atoms with Gasteiger partial charge in [0.2, 0.25) is 0 Å². The van der Waals surface area contributed by atoms with Gasteiger partial charge in [-0.05, 0) is 75.2 Å². The lowest BCUT2D eigenvalue weighted by Crippen LogP contribution is -2.64. The molecule has 8 atom stereocenters. The maximum Gasteiger partial charge on any atom is 0.138 e. The number of unbranched alkanes of at least 4 members (excludes halogenated alkanes) is 5. The van der Waals surface area contributed by atoms with Gasteiger partial charge in [0.15, 0.2) is 0 Å². The number of fused-ring (bicyclic) bond motifs is 1. The number of aliphatic hydroxyl groups is 3. The molecule has 2 aliphatic carbocycles. The van der Waals surface area contributed by atoms with E-state index in [0.717, 1.165) is 25.7 Å². The lowest BCUT2D eigenvalue weighted by Gasteiger charge is -2.60. The number of hydrogen-bond acceptors (Lipinski definition) is 4. The molecule has 4 heteroatoms. The fourth-order valence-corrected chi connectivity index (χ4v) is 6.41. The molecule has 4 nitrogen and oxygen atoms in total. The van der Waals surface area contributed by atoms with Crippen LogP contribution in [0, 0.1) is 46.9 Å². The zero-order chi connectivity index (χ0) is 26.8. The molecule has 0 aliphatic heterocycles. The number of rotatable bonds is 11. The van der Waals surface area contributed by atoms with Crippen molar-refractivity contribution < 1.29 is 20.1 Å². The molecular weight excluding hydrogens is 448 g/mol. The second-order valence-electron chi connectivity index (χ2n) is 11.7. The van der Waals surface area contributed by atoms with Gasteiger partial charge in [-0.2, -0.15) is 0 Å². The zero-order valence-corrected chi connectivity index (χ0v) is 23.3. The van der Waals surface area contributed by atoms with Gasteiger partial charge < -0.3 is 20.1 Å². The molecule has 0 unspecified atom stereocenters. The molecule has 0 aromatic carbocycles. The van der Waals surface area contributed by atoms with Gasteiger partial charge in [0.05, 0.1) is 17.8 Å². The SMILES string of the molecule is C=C[C@@H](O)C#CC#C[C@H](/C=C\CCCCCCC)O[C@]1(C)CC[C@@H](O)[C@]2(C)CC[C@H](C(C)C)[C@H](O)[C@H]21. The van der Waals surface area contributed by atoms with Crippen LogP contribution in [0.4, 0.5) is 0 Å². The minimum Gasteiger partial charge on any atom is -0.393 e. The van der Waals surface area contributed by atoms with E-state index in [2.05, 4.69) is 71.0 Å². The molecule has 0 bridgehead atoms. The molecule has 0 aromatic heterocycles. The van der Waals surface area contributed by atoms with Crippen molar-refractivity contribution in [1.82, 2.24) is 0 Å². The van der Waals surface area contributed by atoms with E-state index in [0.29, 0.717) is 18.8 Å². The molecule has 0 saturated heterocycles. The third kappa shape index (κ3) is 7.97. The highest BCUT2D eigenvalue weighted by Gasteiger charge is 2.60. The van der Waals surface area contributed by atoms with Crippen molar-refractivity contribution in [3.8, 4) is 23.7 Å². The van der Waals surface area contributed by atoms with Crippen LogP contribution in [0.15, 0.2) is 24.8 Å². The summed E-state index contributed by atoms with van der Waals surface area (Å²) in [6.07, 6.45) is 13.4. The third-order valence-electron chi connectivity index (χ3n) is 8.60. The summed E-state index contributed by atoms with van der Waals surface area (Å²) in [4.78, 5) is 0. The van der Waals surface area contributed by atoms with Gasteiger partial charge in [-0.25, -0.2) is 0 Å². The Labute approximate surface area is 220 Å². The molecule has 2 aliphatic rings. The summed E-state index contributed by atoms with van der Waals surface area (Å²) in [5, 5.41) is 32.2. The van der Waals surface area contributed by atoms with Crippen molar-refractivity contribution in [2.75, 3.05) is 0 Å². The summed E-state index contributed by atoms with van der Waals surface area (Å²) in [6.45, 7) is 14.3. The molecule has 0 heterocycles. The highest BCUT2D eigenvalue weighted by molar-refractivity contribution is 5.31. The van der Waals surface area contributed by atoms with Crippen molar-refractivity contribution in [1.29, 1.82) is 0 Å². The number of hydrogen-bond donors (Lipinski definition) is 3. The summed E-state index contributed by atoms with van der Waals surface area (Å²) in [6, 6.07) is 0. The number of aliphatic hydroxyl groups excluding tert-OH is 3. The Hall–Kier alpha value is -1.56. The number of allylic oxidation sites excluding steroid dienone is 1. The number of ether oxygens (including phenoxy) is 1. The van der Waals surface area contributed by atoms with Crippen molar-refractivity contribution in [3.05, 3.63) is 24.8 Å². The summed E-state index contributed by atoms with van der Waals surface area (Å²) in [5.41, 5.74) is -1.02. The van der Waals surface area contributed by atoms with Crippen molar-refractivity contribution in [3.63, 3.8) is 0 Å². The highest BCUT2D eigenvalue weighted by Crippen LogP contribution is 2.57. The van der Waals surface area contributed by atoms with Crippen LogP contribution in [0.1, 0.15) is 98.8 Å². The molecule has 3 N–H and O–H groups in total. The smallest absolute Gasteiger partial charge is 0.138 e. The Morgan fingerprint density at radius 1 is 1.03 bits per heavy atom. The lowest BCUT2D eigenvalue weighted by molar-refractivity contribution is -0.239. The summed E-state index contributed by atoms with van der Waals surface area (Å²) >= 11 is 0. The van der Waals surface area contributed by atoms with Crippen LogP contribution >= 0.6 is 0 Å². The van der Waals surface area contributed by atoms with Gasteiger partial charge in [-0.1, -0.05) is 84.0 Å². The fourth-order valence-electron chi connectivity index (χ4n) is 6.41. The van der Waals surface area contributed by atoms with Crippen LogP contribution in [0.5, 0.6) is 0 Å². The van der Waals surface area contributed by atoms with E-state index in [-0.39, 0.29) is 11.8 Å². The monoisotopic (exact) mass is 498 g/mol. The highest BCUT2D eigenvalue weighted by atomic mass is 16.5. The van der Waals surface area contributed by atoms with E-state index in [1.807, 2.05) is 6.08 Å². The van der Waals surface area contributed by atoms with Crippen molar-refractivity contribution >= 4 is 0 Å². The molecule has 202 valence electrons. The van der Waals surface area contributed by atoms with E-state index in [4.69, 9.17) is 4.74 Å². The van der Waals surface area contributed by atoms with Crippen LogP contribution in [0.2, 0.25) is 0 Å². The Balaban J connectivity index is 2.27. The minimum absolute atomic E-state index is 0.185. The van der Waals surface area contributed by atoms with Gasteiger partial charge in [0.1, 0.15) is 12.2 Å². The molecule has 2 saturated carbocycles. The van der Waals surface area contributed by atoms with E-state index in [1.54, 1.807) is 0 Å². The first kappa shape index (κ1) is 30.7. The quantitative estimate of drug-likeness (QED) is 0.191. The Bertz CT molecular complexity index is 840. The van der Waals surface area contributed by atoms with Gasteiger partial charge in [-0.3, -0.25) is 0 Å². The Kier molecular flexibility index (Phi) is 12.3. The normalized spacial score (nSPS) is 33.7. The van der Waals surface area contributed by atoms with E-state index in [1.165, 1.54) is 31.8 Å². The maximum absolute atomic E-state index is 11.6. The summed E-state index contributed by atoms with van der Waals surface area (Å²) in [5.74, 6) is 11.7. The predicted molar refractivity (Wildman–Crippen MR) is 148 cm³/mol. The predicted octanol–water partition coefficient (Wildman–Crippen LogP) is 5.80. The van der Waals surface area contributed by atoms with Crippen molar-refractivity contribution in [2.45, 2.75) is 129 Å². The lowest BCUT2D eigenvalue weighted by atomic mass is 9.50. The second kappa shape index (κ2) is 14.4. The van der Waals surface area contributed by atoms with Crippen LogP contribution in [0.25, 0.3) is 0 Å². The summed E-state index contributed by atoms with van der Waals surface area (Å²) < 4.78 is 6.76. The first-order valence-electron chi connectivity index (χ1n) is 14.1. The molecule has 0 spiro atoms. The molecule has 2 fully saturated rings. The van der Waals surface area contributed by atoms with Crippen LogP contribution < -0.4 is 0 Å². The Morgan fingerprint density at radius 3 is 2.39 bits per heavy atom. The molecule has 2 rings (SSSR count). The minimum atomic E-state index is -0.902. The standard InChI is InChI=1S/C32H50O4/c1-7-9-10-11-12-13-14-18-26(19-16-15-17-25(33)8-2)36-32(6)23-21-28(34)31(5)22-20-27(24(3)4)29(35)30(31)32/h8,14,18,24-30,33-35H,2,7,9-13,20-23H2,1,3-6H3/b18-14-/t25-,26+,27-,28-,29+,30-,31+,32-/m1/s1. The largest absolute Gasteiger partial charge is 0.393 e. The van der Waals surface area contributed by atoms with E-state index >= 15 is 0 Å². The van der Waals surface area contributed by atoms with Crippen LogP contribution in [0.3, 0.4) is 0 Å². The van der Waals surface area contributed by atoms with Gasteiger partial charge in [-0.15, -0.1) is 0 Å². The molecule has 0 aromatic rings. The van der Waals surface area contributed by atoms with Crippen LogP contribution in [-0.4, -0.2) is 45.3 Å². The Morgan fingerprint density at radius 2 is 1.72 bits per heavy atom. The first-order valence-corrected chi connectivity index (χ1v) is 14.1. The van der Waals surface area contributed by atoms with E-state index < -0.39 is 35.4 Å². The summed E-state index contributed by atoms with van der Waals surface area (Å²) in [7, 11) is 0. The fraction of sp³-hybridized carbons (Fsp3) is 0.750. The van der Waals surface area contributed by atoms with E-state index in [9.17, 15) is 15.3 Å². The average molecular weight is 499 g/mol. The molecule has 36 heavy (non-hydrogen) atoms. The second-order valence-corrected chi connectivity index (χ2v) is 11.7. The van der Waals surface area contributed by atoms with Gasteiger partial charge in [0, 0.05) is 11.3 Å². The third-order valence-corrected chi connectivity index (χ3v) is 8.60. The topological polar surface area (TPSA) is 69.9 Å². The van der Waals surface area contributed by atoms with Gasteiger partial charge >= 0.3 is 0 Å². The molecule has 0 radical (unpaired) electrons. The van der Waals surface area contributed by atoms with Gasteiger partial charge in [0.25, 0.3) is 0 Å². The van der Waals surface area contributed by atoms with Crippen LogP contribution in [-0.2, 0) is 4.74 Å². The average Bonchev–Trinajstić information content (AvgIpc) is 2.83. The maximum atomic E-state index is 11.6. The van der Waals surface area contributed by atoms with Crippen molar-refractivity contribution in [2.24, 2.45) is 23.2 Å². The molecular formula is C32H50O4. The first-order chi connectivity index (χ1) is 17.1.